The molecule has 0 aromatic rings. The van der Waals surface area contributed by atoms with Crippen LogP contribution in [-0.2, 0) is 4.79 Å². The van der Waals surface area contributed by atoms with E-state index in [0.29, 0.717) is 10.8 Å². The van der Waals surface area contributed by atoms with E-state index in [1.54, 1.807) is 5.57 Å². The molecule has 0 aromatic heterocycles. The highest BCUT2D eigenvalue weighted by atomic mass is 16.3. The van der Waals surface area contributed by atoms with Crippen molar-refractivity contribution in [2.45, 2.75) is 125 Å². The van der Waals surface area contributed by atoms with E-state index in [0.717, 1.165) is 36.5 Å². The Bertz CT molecular complexity index is 559. The van der Waals surface area contributed by atoms with Gasteiger partial charge in [-0.25, -0.2) is 0 Å². The van der Waals surface area contributed by atoms with Crippen LogP contribution in [0, 0.1) is 34.5 Å². The van der Waals surface area contributed by atoms with Gasteiger partial charge in [-0.1, -0.05) is 73.0 Å². The molecule has 4 aliphatic rings. The predicted octanol–water partition coefficient (Wildman–Crippen LogP) is 7.27. The van der Waals surface area contributed by atoms with E-state index in [1.807, 2.05) is 27.7 Å². The van der Waals surface area contributed by atoms with Crippen LogP contribution in [0.25, 0.3) is 0 Å². The van der Waals surface area contributed by atoms with Crippen molar-refractivity contribution in [1.29, 1.82) is 0 Å². The summed E-state index contributed by atoms with van der Waals surface area (Å²) >= 11 is 0. The Labute approximate surface area is 193 Å². The summed E-state index contributed by atoms with van der Waals surface area (Å²) in [6, 6.07) is 0. The summed E-state index contributed by atoms with van der Waals surface area (Å²) in [6.07, 6.45) is 17.5. The normalized spacial score (nSPS) is 40.0. The molecular formula is C28H53NO2. The van der Waals surface area contributed by atoms with Crippen LogP contribution in [-0.4, -0.2) is 17.6 Å². The highest BCUT2D eigenvalue weighted by molar-refractivity contribution is 5.42. The number of rotatable bonds is 3. The first kappa shape index (κ1) is 28.2. The molecule has 0 saturated heterocycles. The van der Waals surface area contributed by atoms with Crippen molar-refractivity contribution in [3.05, 3.63) is 11.6 Å². The summed E-state index contributed by atoms with van der Waals surface area (Å²) in [5.41, 5.74) is 6.82. The SMILES string of the molecule is CC.CC.CCCCC1CCC2C3CC=C4CC(O)CCC4(C)C3CCC12C.NC=O. The van der Waals surface area contributed by atoms with Crippen molar-refractivity contribution < 1.29 is 9.90 Å². The summed E-state index contributed by atoms with van der Waals surface area (Å²) in [6.45, 7) is 15.6. The van der Waals surface area contributed by atoms with Gasteiger partial charge in [0.25, 0.3) is 0 Å². The molecule has 182 valence electrons. The smallest absolute Gasteiger partial charge is 0.204 e. The van der Waals surface area contributed by atoms with E-state index >= 15 is 0 Å². The minimum atomic E-state index is -0.0698. The Kier molecular flexibility index (Phi) is 11.8. The molecule has 3 nitrogen and oxygen atoms in total. The largest absolute Gasteiger partial charge is 0.393 e. The van der Waals surface area contributed by atoms with Crippen LogP contribution in [0.3, 0.4) is 0 Å². The Hall–Kier alpha value is -0.830. The number of aliphatic hydroxyl groups excluding tert-OH is 1. The third-order valence-corrected chi connectivity index (χ3v) is 9.18. The van der Waals surface area contributed by atoms with Crippen molar-refractivity contribution in [2.24, 2.45) is 40.2 Å². The van der Waals surface area contributed by atoms with Crippen LogP contribution >= 0.6 is 0 Å². The van der Waals surface area contributed by atoms with Gasteiger partial charge in [-0.05, 0) is 92.3 Å². The van der Waals surface area contributed by atoms with Gasteiger partial charge in [-0.3, -0.25) is 4.79 Å². The summed E-state index contributed by atoms with van der Waals surface area (Å²) in [5.74, 6) is 3.79. The van der Waals surface area contributed by atoms with E-state index in [-0.39, 0.29) is 12.5 Å². The average molecular weight is 436 g/mol. The fraction of sp³-hybridized carbons (Fsp3) is 0.893. The third-order valence-electron chi connectivity index (χ3n) is 9.18. The third kappa shape index (κ3) is 5.75. The first-order valence-corrected chi connectivity index (χ1v) is 13.4. The maximum Gasteiger partial charge on any atom is 0.204 e. The zero-order chi connectivity index (χ0) is 23.7. The maximum absolute atomic E-state index is 10.1. The molecule has 0 aromatic carbocycles. The van der Waals surface area contributed by atoms with Crippen molar-refractivity contribution >= 4 is 6.41 Å². The molecule has 7 atom stereocenters. The van der Waals surface area contributed by atoms with Crippen molar-refractivity contribution in [3.63, 3.8) is 0 Å². The zero-order valence-corrected chi connectivity index (χ0v) is 21.8. The molecule has 3 fully saturated rings. The van der Waals surface area contributed by atoms with E-state index < -0.39 is 0 Å². The van der Waals surface area contributed by atoms with Crippen LogP contribution in [0.5, 0.6) is 0 Å². The summed E-state index contributed by atoms with van der Waals surface area (Å²) < 4.78 is 0. The lowest BCUT2D eigenvalue weighted by Crippen LogP contribution is -2.50. The molecule has 0 radical (unpaired) electrons. The molecule has 4 rings (SSSR count). The number of fused-ring (bicyclic) bond motifs is 5. The van der Waals surface area contributed by atoms with Crippen LogP contribution in [0.4, 0.5) is 0 Å². The molecule has 7 unspecified atom stereocenters. The minimum absolute atomic E-state index is 0.0698. The van der Waals surface area contributed by atoms with Gasteiger partial charge in [0, 0.05) is 0 Å². The lowest BCUT2D eigenvalue weighted by molar-refractivity contribution is -0.106. The van der Waals surface area contributed by atoms with Crippen molar-refractivity contribution in [1.82, 2.24) is 0 Å². The summed E-state index contributed by atoms with van der Waals surface area (Å²) in [4.78, 5) is 8.58. The van der Waals surface area contributed by atoms with Crippen molar-refractivity contribution in [3.8, 4) is 0 Å². The Morgan fingerprint density at radius 2 is 1.71 bits per heavy atom. The van der Waals surface area contributed by atoms with Gasteiger partial charge in [0.05, 0.1) is 6.10 Å². The van der Waals surface area contributed by atoms with Crippen molar-refractivity contribution in [2.75, 3.05) is 0 Å². The molecule has 3 saturated carbocycles. The number of hydrogen-bond acceptors (Lipinski definition) is 2. The molecule has 0 heterocycles. The molecule has 0 aliphatic heterocycles. The number of aliphatic hydroxyl groups is 1. The van der Waals surface area contributed by atoms with Gasteiger partial charge in [0.1, 0.15) is 0 Å². The van der Waals surface area contributed by atoms with Gasteiger partial charge in [0.2, 0.25) is 6.41 Å². The highest BCUT2D eigenvalue weighted by Crippen LogP contribution is 2.66. The monoisotopic (exact) mass is 435 g/mol. The predicted molar refractivity (Wildman–Crippen MR) is 134 cm³/mol. The number of primary amides is 1. The van der Waals surface area contributed by atoms with Crippen LogP contribution < -0.4 is 5.73 Å². The van der Waals surface area contributed by atoms with Gasteiger partial charge in [-0.2, -0.15) is 0 Å². The van der Waals surface area contributed by atoms with E-state index in [4.69, 9.17) is 4.79 Å². The van der Waals surface area contributed by atoms with Gasteiger partial charge < -0.3 is 10.8 Å². The summed E-state index contributed by atoms with van der Waals surface area (Å²) in [7, 11) is 0. The number of nitrogens with two attached hydrogens (primary N) is 1. The fourth-order valence-electron chi connectivity index (χ4n) is 7.68. The molecule has 3 N–H and O–H groups in total. The number of hydrogen-bond donors (Lipinski definition) is 2. The van der Waals surface area contributed by atoms with E-state index in [2.05, 4.69) is 32.6 Å². The average Bonchev–Trinajstić information content (AvgIpc) is 3.12. The molecule has 0 spiro atoms. The topological polar surface area (TPSA) is 63.3 Å². The first-order valence-electron chi connectivity index (χ1n) is 13.4. The van der Waals surface area contributed by atoms with E-state index in [1.165, 1.54) is 57.8 Å². The lowest BCUT2D eigenvalue weighted by atomic mass is 9.47. The maximum atomic E-state index is 10.1. The molecule has 1 amide bonds. The second-order valence-electron chi connectivity index (χ2n) is 10.3. The number of carbonyl (C=O) groups excluding carboxylic acids is 1. The molecular weight excluding hydrogens is 382 g/mol. The zero-order valence-electron chi connectivity index (χ0n) is 21.8. The first-order chi connectivity index (χ1) is 14.9. The lowest BCUT2D eigenvalue weighted by Gasteiger charge is -2.58. The molecule has 0 bridgehead atoms. The van der Waals surface area contributed by atoms with Gasteiger partial charge in [-0.15, -0.1) is 0 Å². The van der Waals surface area contributed by atoms with Gasteiger partial charge >= 0.3 is 0 Å². The van der Waals surface area contributed by atoms with Crippen LogP contribution in [0.1, 0.15) is 119 Å². The fourth-order valence-corrected chi connectivity index (χ4v) is 7.68. The Balaban J connectivity index is 0.000000620. The summed E-state index contributed by atoms with van der Waals surface area (Å²) in [5, 5.41) is 10.1. The number of unbranched alkanes of at least 4 members (excludes halogenated alkanes) is 1. The molecule has 3 heteroatoms. The highest BCUT2D eigenvalue weighted by Gasteiger charge is 2.58. The number of amides is 1. The quantitative estimate of drug-likeness (QED) is 0.361. The van der Waals surface area contributed by atoms with Gasteiger partial charge in [0.15, 0.2) is 0 Å². The second-order valence-corrected chi connectivity index (χ2v) is 10.3. The van der Waals surface area contributed by atoms with Crippen LogP contribution in [0.15, 0.2) is 11.6 Å². The number of allylic oxidation sites excluding steroid dienone is 1. The van der Waals surface area contributed by atoms with Crippen LogP contribution in [0.2, 0.25) is 0 Å². The minimum Gasteiger partial charge on any atom is -0.393 e. The Morgan fingerprint density at radius 1 is 1.06 bits per heavy atom. The standard InChI is InChI=1S/C23H38O.2C2H6.CH3NO/c1-4-5-6-16-8-10-20-19-9-7-17-15-18(24)11-13-23(17,3)21(19)12-14-22(16,20)2;2*1-2;2-1-3/h7,16,18-21,24H,4-6,8-15H2,1-3H3;2*1-2H3;1H,(H2,2,3). The molecule has 4 aliphatic carbocycles. The second kappa shape index (κ2) is 13.0. The number of carbonyl (C=O) groups is 1. The molecule has 31 heavy (non-hydrogen) atoms. The Morgan fingerprint density at radius 3 is 2.32 bits per heavy atom. The van der Waals surface area contributed by atoms with E-state index in [9.17, 15) is 5.11 Å².